The van der Waals surface area contributed by atoms with Gasteiger partial charge in [0.1, 0.15) is 0 Å². The van der Waals surface area contributed by atoms with Crippen molar-refractivity contribution in [1.82, 2.24) is 9.13 Å². The minimum absolute atomic E-state index is 1.11. The number of hydrogen-bond donors (Lipinski definition) is 0. The molecule has 3 nitrogen and oxygen atoms in total. The fourth-order valence-electron chi connectivity index (χ4n) is 8.68. The maximum Gasteiger partial charge on any atom is 0.0619 e. The molecule has 0 aliphatic carbocycles. The first-order valence-corrected chi connectivity index (χ1v) is 18.9. The van der Waals surface area contributed by atoms with Gasteiger partial charge in [-0.15, -0.1) is 0 Å². The molecule has 0 spiro atoms. The molecule has 2 heterocycles. The van der Waals surface area contributed by atoms with E-state index in [9.17, 15) is 0 Å². The summed E-state index contributed by atoms with van der Waals surface area (Å²) in [7, 11) is 0. The van der Waals surface area contributed by atoms with E-state index in [0.717, 1.165) is 28.4 Å². The molecule has 11 rings (SSSR count). The van der Waals surface area contributed by atoms with Crippen molar-refractivity contribution in [2.45, 2.75) is 0 Å². The second-order valence-electron chi connectivity index (χ2n) is 14.2. The molecule has 0 saturated carbocycles. The third-order valence-corrected chi connectivity index (χ3v) is 11.1. The number of rotatable bonds is 6. The van der Waals surface area contributed by atoms with Crippen LogP contribution in [0.5, 0.6) is 0 Å². The van der Waals surface area contributed by atoms with E-state index in [1.165, 1.54) is 65.5 Å². The van der Waals surface area contributed by atoms with Crippen LogP contribution in [0, 0.1) is 0 Å². The van der Waals surface area contributed by atoms with Crippen LogP contribution in [-0.2, 0) is 0 Å². The number of nitrogens with zero attached hydrogens (tertiary/aromatic N) is 3. The van der Waals surface area contributed by atoms with E-state index in [-0.39, 0.29) is 0 Å². The largest absolute Gasteiger partial charge is 0.311 e. The number of fused-ring (bicyclic) bond motifs is 9. The molecule has 0 N–H and O–H groups in total. The van der Waals surface area contributed by atoms with E-state index in [0.29, 0.717) is 0 Å². The zero-order valence-corrected chi connectivity index (χ0v) is 30.0. The molecular formula is C52H35N3. The molecule has 9 aromatic carbocycles. The lowest BCUT2D eigenvalue weighted by molar-refractivity contribution is 1.17. The monoisotopic (exact) mass is 701 g/mol. The molecule has 0 amide bonds. The summed E-state index contributed by atoms with van der Waals surface area (Å²) in [6.45, 7) is 0. The van der Waals surface area contributed by atoms with Crippen LogP contribution >= 0.6 is 0 Å². The van der Waals surface area contributed by atoms with Crippen molar-refractivity contribution in [3.05, 3.63) is 212 Å². The van der Waals surface area contributed by atoms with Gasteiger partial charge in [-0.2, -0.15) is 0 Å². The highest BCUT2D eigenvalue weighted by Gasteiger charge is 2.22. The van der Waals surface area contributed by atoms with E-state index in [2.05, 4.69) is 226 Å². The molecule has 0 fully saturated rings. The quantitative estimate of drug-likeness (QED) is 0.168. The lowest BCUT2D eigenvalue weighted by atomic mass is 10.0. The van der Waals surface area contributed by atoms with Crippen molar-refractivity contribution in [2.24, 2.45) is 0 Å². The molecule has 0 bridgehead atoms. The van der Waals surface area contributed by atoms with E-state index in [1.54, 1.807) is 0 Å². The highest BCUT2D eigenvalue weighted by molar-refractivity contribution is 6.31. The van der Waals surface area contributed by atoms with Crippen LogP contribution in [0.25, 0.3) is 76.9 Å². The van der Waals surface area contributed by atoms with Gasteiger partial charge in [-0.1, -0.05) is 133 Å². The van der Waals surface area contributed by atoms with Crippen LogP contribution in [0.2, 0.25) is 0 Å². The molecule has 2 aromatic heterocycles. The molecule has 0 atom stereocenters. The van der Waals surface area contributed by atoms with Gasteiger partial charge in [0.05, 0.1) is 22.1 Å². The summed E-state index contributed by atoms with van der Waals surface area (Å²) in [4.78, 5) is 2.32. The van der Waals surface area contributed by atoms with Gasteiger partial charge in [-0.05, 0) is 95.4 Å². The molecule has 258 valence electrons. The smallest absolute Gasteiger partial charge is 0.0619 e. The first kappa shape index (κ1) is 31.2. The average Bonchev–Trinajstić information content (AvgIpc) is 3.78. The highest BCUT2D eigenvalue weighted by atomic mass is 15.1. The van der Waals surface area contributed by atoms with Crippen LogP contribution in [0.1, 0.15) is 0 Å². The highest BCUT2D eigenvalue weighted by Crippen LogP contribution is 2.45. The van der Waals surface area contributed by atoms with Gasteiger partial charge in [-0.3, -0.25) is 0 Å². The lowest BCUT2D eigenvalue weighted by Gasteiger charge is -2.25. The van der Waals surface area contributed by atoms with Crippen molar-refractivity contribution in [3.8, 4) is 22.5 Å². The van der Waals surface area contributed by atoms with Crippen LogP contribution in [0.15, 0.2) is 212 Å². The van der Waals surface area contributed by atoms with Crippen molar-refractivity contribution in [2.75, 3.05) is 4.90 Å². The zero-order chi connectivity index (χ0) is 36.3. The zero-order valence-electron chi connectivity index (χ0n) is 30.0. The van der Waals surface area contributed by atoms with E-state index < -0.39 is 0 Å². The topological polar surface area (TPSA) is 13.1 Å². The van der Waals surface area contributed by atoms with Crippen LogP contribution in [-0.4, -0.2) is 9.13 Å². The SMILES string of the molecule is c1ccc(-c2cccc(-n3c4ccccc4c4c5c6ccc7ccccc7c6n(-c6ccc(N(c7ccccc7)c7ccccc7)cc6)c5ccc43)c2)cc1. The maximum atomic E-state index is 2.48. The lowest BCUT2D eigenvalue weighted by Crippen LogP contribution is -2.09. The van der Waals surface area contributed by atoms with Crippen LogP contribution in [0.4, 0.5) is 17.1 Å². The molecule has 0 aliphatic heterocycles. The summed E-state index contributed by atoms with van der Waals surface area (Å²) in [6, 6.07) is 76.7. The Morgan fingerprint density at radius 3 is 1.60 bits per heavy atom. The Kier molecular flexibility index (Phi) is 7.17. The molecule has 0 saturated heterocycles. The second kappa shape index (κ2) is 12.6. The molecule has 0 unspecified atom stereocenters. The van der Waals surface area contributed by atoms with Crippen LogP contribution in [0.3, 0.4) is 0 Å². The minimum atomic E-state index is 1.11. The summed E-state index contributed by atoms with van der Waals surface area (Å²) < 4.78 is 4.92. The van der Waals surface area contributed by atoms with Crippen LogP contribution < -0.4 is 4.90 Å². The Bertz CT molecular complexity index is 3140. The predicted molar refractivity (Wildman–Crippen MR) is 233 cm³/mol. The molecule has 0 radical (unpaired) electrons. The maximum absolute atomic E-state index is 2.48. The normalized spacial score (nSPS) is 11.6. The van der Waals surface area contributed by atoms with Crippen molar-refractivity contribution in [3.63, 3.8) is 0 Å². The Morgan fingerprint density at radius 1 is 0.309 bits per heavy atom. The standard InChI is InChI=1S/C52H35N3/c1-4-15-36(16-5-1)38-18-14-23-43(35-38)54-47-26-13-12-25-45(47)50-48(54)33-34-49-51(50)46-32-27-37-17-10-11-24-44(37)52(46)55(49)42-30-28-41(29-31-42)53(39-19-6-2-7-20-39)40-21-8-3-9-22-40/h1-35H. The average molecular weight is 702 g/mol. The van der Waals surface area contributed by atoms with Gasteiger partial charge in [0.15, 0.2) is 0 Å². The second-order valence-corrected chi connectivity index (χ2v) is 14.2. The number of aromatic nitrogens is 2. The summed E-state index contributed by atoms with van der Waals surface area (Å²) >= 11 is 0. The predicted octanol–water partition coefficient (Wildman–Crippen LogP) is 14.2. The minimum Gasteiger partial charge on any atom is -0.311 e. The Balaban J connectivity index is 1.17. The van der Waals surface area contributed by atoms with Gasteiger partial charge in [0.2, 0.25) is 0 Å². The van der Waals surface area contributed by atoms with E-state index in [4.69, 9.17) is 0 Å². The number of benzene rings is 9. The van der Waals surface area contributed by atoms with Gasteiger partial charge in [-0.25, -0.2) is 0 Å². The summed E-state index contributed by atoms with van der Waals surface area (Å²) in [5, 5.41) is 7.51. The summed E-state index contributed by atoms with van der Waals surface area (Å²) in [5.41, 5.74) is 12.8. The molecule has 0 aliphatic rings. The third kappa shape index (κ3) is 4.98. The Hall–Kier alpha value is -7.36. The van der Waals surface area contributed by atoms with Crippen molar-refractivity contribution in [1.29, 1.82) is 0 Å². The van der Waals surface area contributed by atoms with Gasteiger partial charge < -0.3 is 14.0 Å². The first-order valence-electron chi connectivity index (χ1n) is 18.9. The van der Waals surface area contributed by atoms with Gasteiger partial charge in [0, 0.05) is 55.4 Å². The van der Waals surface area contributed by atoms with Gasteiger partial charge >= 0.3 is 0 Å². The summed E-state index contributed by atoms with van der Waals surface area (Å²) in [5.74, 6) is 0. The molecular weight excluding hydrogens is 667 g/mol. The third-order valence-electron chi connectivity index (χ3n) is 11.1. The number of anilines is 3. The Labute approximate surface area is 319 Å². The number of para-hydroxylation sites is 3. The fraction of sp³-hybridized carbons (Fsp3) is 0. The van der Waals surface area contributed by atoms with Gasteiger partial charge in [0.25, 0.3) is 0 Å². The van der Waals surface area contributed by atoms with Crippen molar-refractivity contribution >= 4 is 71.4 Å². The molecule has 3 heteroatoms. The fourth-order valence-corrected chi connectivity index (χ4v) is 8.68. The van der Waals surface area contributed by atoms with Crippen molar-refractivity contribution < 1.29 is 0 Å². The van der Waals surface area contributed by atoms with E-state index >= 15 is 0 Å². The molecule has 11 aromatic rings. The number of hydrogen-bond acceptors (Lipinski definition) is 1. The summed E-state index contributed by atoms with van der Waals surface area (Å²) in [6.07, 6.45) is 0. The first-order chi connectivity index (χ1) is 27.3. The van der Waals surface area contributed by atoms with E-state index in [1.807, 2.05) is 0 Å². The Morgan fingerprint density at radius 2 is 0.873 bits per heavy atom. The molecule has 55 heavy (non-hydrogen) atoms.